The molecule has 0 fully saturated rings. The minimum Gasteiger partial charge on any atom is -0.363 e. The Morgan fingerprint density at radius 2 is 1.66 bits per heavy atom. The average Bonchev–Trinajstić information content (AvgIpc) is 3.18. The molecule has 1 aliphatic heterocycles. The molecule has 0 saturated heterocycles. The summed E-state index contributed by atoms with van der Waals surface area (Å²) in [6, 6.07) is 24.4. The minimum absolute atomic E-state index is 0.210. The molecule has 0 unspecified atom stereocenters. The molecule has 4 heteroatoms. The third-order valence-electron chi connectivity index (χ3n) is 5.30. The Morgan fingerprint density at radius 3 is 2.31 bits per heavy atom. The van der Waals surface area contributed by atoms with E-state index in [1.807, 2.05) is 36.4 Å². The fourth-order valence-corrected chi connectivity index (χ4v) is 3.56. The van der Waals surface area contributed by atoms with Crippen LogP contribution in [-0.2, 0) is 13.1 Å². The van der Waals surface area contributed by atoms with E-state index in [9.17, 15) is 4.79 Å². The predicted molar refractivity (Wildman–Crippen MR) is 118 cm³/mol. The molecular formula is C25H25N3O. The maximum atomic E-state index is 12.5. The van der Waals surface area contributed by atoms with Crippen LogP contribution >= 0.6 is 0 Å². The Morgan fingerprint density at radius 1 is 0.966 bits per heavy atom. The summed E-state index contributed by atoms with van der Waals surface area (Å²) in [5.74, 6) is 0.287. The number of benzene rings is 3. The fourth-order valence-electron chi connectivity index (χ4n) is 3.56. The van der Waals surface area contributed by atoms with Gasteiger partial charge < -0.3 is 4.90 Å². The van der Waals surface area contributed by atoms with E-state index in [4.69, 9.17) is 0 Å². The first kappa shape index (κ1) is 18.9. The van der Waals surface area contributed by atoms with Gasteiger partial charge in [0.15, 0.2) is 0 Å². The first-order chi connectivity index (χ1) is 14.1. The molecule has 0 bridgehead atoms. The Kier molecular flexibility index (Phi) is 5.43. The number of fused-ring (bicyclic) bond motifs is 1. The van der Waals surface area contributed by atoms with Crippen LogP contribution in [0.1, 0.15) is 52.4 Å². The van der Waals surface area contributed by atoms with E-state index in [2.05, 4.69) is 65.7 Å². The van der Waals surface area contributed by atoms with Crippen LogP contribution in [0.25, 0.3) is 0 Å². The van der Waals surface area contributed by atoms with Crippen molar-refractivity contribution in [3.63, 3.8) is 0 Å². The number of hydrogen-bond donors (Lipinski definition) is 1. The number of hydrazone groups is 1. The summed E-state index contributed by atoms with van der Waals surface area (Å²) in [6.45, 7) is 6.06. The topological polar surface area (TPSA) is 44.7 Å². The summed E-state index contributed by atoms with van der Waals surface area (Å²) in [6.07, 6.45) is 1.67. The summed E-state index contributed by atoms with van der Waals surface area (Å²) >= 11 is 0. The lowest BCUT2D eigenvalue weighted by Gasteiger charge is -2.18. The maximum absolute atomic E-state index is 12.5. The van der Waals surface area contributed by atoms with Crippen molar-refractivity contribution in [2.45, 2.75) is 32.9 Å². The van der Waals surface area contributed by atoms with Crippen LogP contribution in [0.15, 0.2) is 77.9 Å². The highest BCUT2D eigenvalue weighted by molar-refractivity contribution is 5.95. The molecule has 4 rings (SSSR count). The molecule has 1 aliphatic rings. The zero-order valence-electron chi connectivity index (χ0n) is 16.8. The van der Waals surface area contributed by atoms with Crippen molar-refractivity contribution in [3.8, 4) is 0 Å². The number of hydrogen-bond acceptors (Lipinski definition) is 3. The molecular weight excluding hydrogens is 358 g/mol. The number of carbonyl (C=O) groups excluding carboxylic acids is 1. The Hall–Kier alpha value is -3.40. The highest BCUT2D eigenvalue weighted by Gasteiger charge is 2.19. The van der Waals surface area contributed by atoms with Gasteiger partial charge in [-0.2, -0.15) is 5.10 Å². The normalized spacial score (nSPS) is 13.1. The highest BCUT2D eigenvalue weighted by atomic mass is 16.2. The second-order valence-electron chi connectivity index (χ2n) is 7.70. The van der Waals surface area contributed by atoms with Crippen molar-refractivity contribution in [2.75, 3.05) is 4.90 Å². The van der Waals surface area contributed by atoms with E-state index >= 15 is 0 Å². The molecule has 29 heavy (non-hydrogen) atoms. The minimum atomic E-state index is -0.210. The molecule has 0 saturated carbocycles. The van der Waals surface area contributed by atoms with Gasteiger partial charge in [-0.25, -0.2) is 5.43 Å². The number of nitrogens with one attached hydrogen (secondary N) is 1. The van der Waals surface area contributed by atoms with Crippen molar-refractivity contribution in [1.82, 2.24) is 5.43 Å². The summed E-state index contributed by atoms with van der Waals surface area (Å²) in [7, 11) is 0. The molecule has 1 amide bonds. The van der Waals surface area contributed by atoms with Crippen molar-refractivity contribution < 1.29 is 4.79 Å². The van der Waals surface area contributed by atoms with Crippen LogP contribution in [0, 0.1) is 0 Å². The molecule has 0 aromatic heterocycles. The van der Waals surface area contributed by atoms with Gasteiger partial charge >= 0.3 is 0 Å². The summed E-state index contributed by atoms with van der Waals surface area (Å²) in [5, 5.41) is 4.11. The molecule has 1 heterocycles. The van der Waals surface area contributed by atoms with E-state index in [-0.39, 0.29) is 5.91 Å². The van der Waals surface area contributed by atoms with Crippen LogP contribution in [0.4, 0.5) is 5.69 Å². The van der Waals surface area contributed by atoms with Crippen LogP contribution in [-0.4, -0.2) is 12.1 Å². The zero-order valence-corrected chi connectivity index (χ0v) is 16.8. The van der Waals surface area contributed by atoms with Crippen LogP contribution in [0.2, 0.25) is 0 Å². The Balaban J connectivity index is 1.40. The molecule has 1 N–H and O–H groups in total. The molecule has 4 nitrogen and oxygen atoms in total. The highest BCUT2D eigenvalue weighted by Crippen LogP contribution is 2.28. The standard InChI is InChI=1S/C25H25N3O/c1-18(2)20-12-10-19(11-13-20)15-26-27-25(29)21-8-5-9-24(14-21)28-16-22-6-3-4-7-23(22)17-28/h3-15,18H,16-17H2,1-2H3,(H,27,29)/b26-15+. The number of nitrogens with zero attached hydrogens (tertiary/aromatic N) is 2. The number of carbonyl (C=O) groups is 1. The van der Waals surface area contributed by atoms with E-state index in [1.165, 1.54) is 16.7 Å². The van der Waals surface area contributed by atoms with E-state index in [1.54, 1.807) is 6.21 Å². The molecule has 0 atom stereocenters. The fraction of sp³-hybridized carbons (Fsp3) is 0.200. The third kappa shape index (κ3) is 4.37. The predicted octanol–water partition coefficient (Wildman–Crippen LogP) is 5.09. The van der Waals surface area contributed by atoms with Gasteiger partial charge in [0.05, 0.1) is 6.21 Å². The van der Waals surface area contributed by atoms with E-state index in [0.29, 0.717) is 11.5 Å². The average molecular weight is 383 g/mol. The Labute approximate surface area is 171 Å². The molecule has 0 spiro atoms. The van der Waals surface area contributed by atoms with Crippen molar-refractivity contribution in [3.05, 3.63) is 101 Å². The molecule has 146 valence electrons. The van der Waals surface area contributed by atoms with Gasteiger partial charge in [-0.05, 0) is 46.4 Å². The lowest BCUT2D eigenvalue weighted by atomic mass is 10.0. The zero-order chi connectivity index (χ0) is 20.2. The van der Waals surface area contributed by atoms with Gasteiger partial charge in [0, 0.05) is 24.3 Å². The number of rotatable bonds is 5. The van der Waals surface area contributed by atoms with Crippen LogP contribution in [0.5, 0.6) is 0 Å². The van der Waals surface area contributed by atoms with Gasteiger partial charge in [-0.15, -0.1) is 0 Å². The summed E-state index contributed by atoms with van der Waals surface area (Å²) < 4.78 is 0. The number of amides is 1. The first-order valence-corrected chi connectivity index (χ1v) is 9.95. The monoisotopic (exact) mass is 383 g/mol. The van der Waals surface area contributed by atoms with Crippen molar-refractivity contribution >= 4 is 17.8 Å². The molecule has 0 radical (unpaired) electrons. The van der Waals surface area contributed by atoms with Gasteiger partial charge in [0.1, 0.15) is 0 Å². The van der Waals surface area contributed by atoms with Crippen molar-refractivity contribution in [2.24, 2.45) is 5.10 Å². The van der Waals surface area contributed by atoms with Gasteiger partial charge in [0.25, 0.3) is 5.91 Å². The molecule has 3 aromatic rings. The Bertz CT molecular complexity index is 1010. The van der Waals surface area contributed by atoms with Gasteiger partial charge in [0.2, 0.25) is 0 Å². The van der Waals surface area contributed by atoms with Crippen LogP contribution in [0.3, 0.4) is 0 Å². The molecule has 3 aromatic carbocycles. The van der Waals surface area contributed by atoms with E-state index in [0.717, 1.165) is 24.3 Å². The quantitative estimate of drug-likeness (QED) is 0.492. The lowest BCUT2D eigenvalue weighted by molar-refractivity contribution is 0.0955. The van der Waals surface area contributed by atoms with E-state index < -0.39 is 0 Å². The van der Waals surface area contributed by atoms with Crippen LogP contribution < -0.4 is 10.3 Å². The summed E-state index contributed by atoms with van der Waals surface area (Å²) in [5.41, 5.74) is 9.20. The van der Waals surface area contributed by atoms with Gasteiger partial charge in [-0.3, -0.25) is 4.79 Å². The summed E-state index contributed by atoms with van der Waals surface area (Å²) in [4.78, 5) is 14.8. The second kappa shape index (κ2) is 8.31. The lowest BCUT2D eigenvalue weighted by Crippen LogP contribution is -2.19. The maximum Gasteiger partial charge on any atom is 0.271 e. The SMILES string of the molecule is CC(C)c1ccc(/C=N/NC(=O)c2cccc(N3Cc4ccccc4C3)c2)cc1. The third-order valence-corrected chi connectivity index (χ3v) is 5.30. The van der Waals surface area contributed by atoms with Crippen molar-refractivity contribution in [1.29, 1.82) is 0 Å². The molecule has 0 aliphatic carbocycles. The first-order valence-electron chi connectivity index (χ1n) is 9.95. The second-order valence-corrected chi connectivity index (χ2v) is 7.70. The van der Waals surface area contributed by atoms with Gasteiger partial charge in [-0.1, -0.05) is 68.4 Å². The number of anilines is 1. The largest absolute Gasteiger partial charge is 0.363 e. The smallest absolute Gasteiger partial charge is 0.271 e.